The predicted molar refractivity (Wildman–Crippen MR) is 54.7 cm³/mol. The quantitative estimate of drug-likeness (QED) is 0.409. The van der Waals surface area contributed by atoms with Crippen LogP contribution in [-0.2, 0) is 18.3 Å². The van der Waals surface area contributed by atoms with Crippen LogP contribution >= 0.6 is 8.25 Å². The Kier molecular flexibility index (Phi) is 5.43. The fraction of sp³-hybridized carbons (Fsp3) is 0.750. The minimum Gasteiger partial charge on any atom is -0.390 e. The first kappa shape index (κ1) is 12.8. The molecule has 0 aromatic heterocycles. The van der Waals surface area contributed by atoms with E-state index in [9.17, 15) is 9.67 Å². The van der Waals surface area contributed by atoms with Crippen molar-refractivity contribution in [2.45, 2.75) is 24.6 Å². The molecule has 4 atom stereocenters. The number of hydrogen-bond donors (Lipinski definition) is 1. The Bertz CT molecular complexity index is 237. The maximum atomic E-state index is 11.0. The van der Waals surface area contributed by atoms with Crippen molar-refractivity contribution in [2.24, 2.45) is 0 Å². The molecule has 15 heavy (non-hydrogen) atoms. The summed E-state index contributed by atoms with van der Waals surface area (Å²) in [6.07, 6.45) is 0.611. The molecule has 1 aliphatic heterocycles. The van der Waals surface area contributed by atoms with Crippen LogP contribution in [0.4, 0.5) is 0 Å². The second kappa shape index (κ2) is 6.35. The van der Waals surface area contributed by atoms with Crippen molar-refractivity contribution in [3.63, 3.8) is 0 Å². The first-order valence-electron chi connectivity index (χ1n) is 4.56. The van der Waals surface area contributed by atoms with E-state index in [1.807, 2.05) is 0 Å². The average molecular weight is 231 g/mol. The molecule has 1 fully saturated rings. The fourth-order valence-electron chi connectivity index (χ4n) is 1.20. The molecule has 0 spiro atoms. The molecule has 0 aliphatic carbocycles. The van der Waals surface area contributed by atoms with Crippen molar-refractivity contribution in [2.75, 3.05) is 13.2 Å². The smallest absolute Gasteiger partial charge is 0.390 e. The lowest BCUT2D eigenvalue weighted by Gasteiger charge is -2.09. The zero-order valence-electron chi connectivity index (χ0n) is 8.24. The second-order valence-electron chi connectivity index (χ2n) is 3.12. The molecule has 1 N–H and O–H groups in total. The molecular formula is C8H13BO5P+. The average Bonchev–Trinajstić information content (AvgIpc) is 2.51. The van der Waals surface area contributed by atoms with Gasteiger partial charge in [0.25, 0.3) is 0 Å². The van der Waals surface area contributed by atoms with Gasteiger partial charge in [-0.25, -0.2) is 0 Å². The molecule has 1 heterocycles. The van der Waals surface area contributed by atoms with Crippen LogP contribution in [0.5, 0.6) is 0 Å². The van der Waals surface area contributed by atoms with E-state index in [4.69, 9.17) is 21.6 Å². The molecule has 1 saturated heterocycles. The van der Waals surface area contributed by atoms with Crippen LogP contribution < -0.4 is 0 Å². The lowest BCUT2D eigenvalue weighted by Crippen LogP contribution is -2.25. The molecule has 1 unspecified atom stereocenters. The zero-order chi connectivity index (χ0) is 11.3. The van der Waals surface area contributed by atoms with Crippen molar-refractivity contribution >= 4 is 16.1 Å². The highest BCUT2D eigenvalue weighted by atomic mass is 31.1. The Hall–Kier alpha value is -0.255. The summed E-state index contributed by atoms with van der Waals surface area (Å²) in [5.41, 5.74) is 0. The number of aliphatic hydroxyl groups is 1. The lowest BCUT2D eigenvalue weighted by molar-refractivity contribution is 0.00102. The SMILES string of the molecule is [B][C@H]1C[C@@H](O)[C@@H](CO[P+](=O)OCC=C)O1. The van der Waals surface area contributed by atoms with Crippen LogP contribution in [0.25, 0.3) is 0 Å². The highest BCUT2D eigenvalue weighted by Gasteiger charge is 2.34. The summed E-state index contributed by atoms with van der Waals surface area (Å²) in [7, 11) is 3.26. The number of rotatable bonds is 6. The molecule has 5 nitrogen and oxygen atoms in total. The topological polar surface area (TPSA) is 65.0 Å². The predicted octanol–water partition coefficient (Wildman–Crippen LogP) is 0.507. The summed E-state index contributed by atoms with van der Waals surface area (Å²) in [5, 5.41) is 9.41. The normalized spacial score (nSPS) is 31.5. The zero-order valence-corrected chi connectivity index (χ0v) is 9.14. The van der Waals surface area contributed by atoms with Crippen LogP contribution in [0.2, 0.25) is 0 Å². The second-order valence-corrected chi connectivity index (χ2v) is 4.08. The minimum absolute atomic E-state index is 0.00120. The van der Waals surface area contributed by atoms with Gasteiger partial charge in [-0.05, 0) is 6.42 Å². The van der Waals surface area contributed by atoms with E-state index < -0.39 is 26.5 Å². The van der Waals surface area contributed by atoms with Crippen LogP contribution in [0.3, 0.4) is 0 Å². The first-order valence-corrected chi connectivity index (χ1v) is 5.66. The molecule has 0 aromatic carbocycles. The Labute approximate surface area is 90.8 Å². The van der Waals surface area contributed by atoms with E-state index >= 15 is 0 Å². The first-order chi connectivity index (χ1) is 7.13. The van der Waals surface area contributed by atoms with E-state index in [-0.39, 0.29) is 13.2 Å². The van der Waals surface area contributed by atoms with Crippen LogP contribution in [0.1, 0.15) is 6.42 Å². The van der Waals surface area contributed by atoms with Gasteiger partial charge in [-0.15, -0.1) is 15.6 Å². The molecule has 0 amide bonds. The Balaban J connectivity index is 2.19. The molecule has 7 heteroatoms. The highest BCUT2D eigenvalue weighted by molar-refractivity contribution is 7.33. The summed E-state index contributed by atoms with van der Waals surface area (Å²) in [6.45, 7) is 3.56. The molecule has 0 saturated carbocycles. The summed E-state index contributed by atoms with van der Waals surface area (Å²) in [4.78, 5) is 0. The van der Waals surface area contributed by atoms with Crippen molar-refractivity contribution in [1.29, 1.82) is 0 Å². The molecule has 0 bridgehead atoms. The van der Waals surface area contributed by atoms with Crippen LogP contribution in [-0.4, -0.2) is 44.4 Å². The molecule has 1 rings (SSSR count). The van der Waals surface area contributed by atoms with Gasteiger partial charge in [0.15, 0.2) is 0 Å². The van der Waals surface area contributed by atoms with Gasteiger partial charge in [-0.2, -0.15) is 0 Å². The Morgan fingerprint density at radius 2 is 2.40 bits per heavy atom. The van der Waals surface area contributed by atoms with Crippen LogP contribution in [0.15, 0.2) is 12.7 Å². The third-order valence-corrected chi connectivity index (χ3v) is 2.61. The number of ether oxygens (including phenoxy) is 1. The summed E-state index contributed by atoms with van der Waals surface area (Å²) < 4.78 is 25.7. The number of hydrogen-bond acceptors (Lipinski definition) is 5. The largest absolute Gasteiger partial charge is 0.697 e. The summed E-state index contributed by atoms with van der Waals surface area (Å²) in [6, 6.07) is -0.486. The van der Waals surface area contributed by atoms with E-state index in [1.165, 1.54) is 6.08 Å². The summed E-state index contributed by atoms with van der Waals surface area (Å²) >= 11 is 0. The third-order valence-electron chi connectivity index (χ3n) is 1.89. The molecule has 1 aliphatic rings. The Morgan fingerprint density at radius 3 is 2.93 bits per heavy atom. The van der Waals surface area contributed by atoms with Gasteiger partial charge in [0, 0.05) is 10.6 Å². The Morgan fingerprint density at radius 1 is 1.67 bits per heavy atom. The maximum absolute atomic E-state index is 11.0. The molecular weight excluding hydrogens is 218 g/mol. The van der Waals surface area contributed by atoms with E-state index in [1.54, 1.807) is 0 Å². The van der Waals surface area contributed by atoms with E-state index in [0.717, 1.165) is 0 Å². The number of aliphatic hydroxyl groups excluding tert-OH is 1. The standard InChI is InChI=1S/C8H13BO5P/c1-2-3-12-15(11)13-5-7-6(10)4-8(9)14-7/h2,6-8,10H,1,3-5H2/q+1/t6-,7-,8-/m1/s1. The molecule has 0 aromatic rings. The van der Waals surface area contributed by atoms with Crippen molar-refractivity contribution in [3.8, 4) is 0 Å². The van der Waals surface area contributed by atoms with Gasteiger partial charge >= 0.3 is 8.25 Å². The van der Waals surface area contributed by atoms with Crippen molar-refractivity contribution < 1.29 is 23.5 Å². The van der Waals surface area contributed by atoms with Gasteiger partial charge in [0.2, 0.25) is 0 Å². The molecule has 2 radical (unpaired) electrons. The van der Waals surface area contributed by atoms with Gasteiger partial charge in [-0.3, -0.25) is 0 Å². The van der Waals surface area contributed by atoms with Gasteiger partial charge in [-0.1, -0.05) is 6.08 Å². The lowest BCUT2D eigenvalue weighted by atomic mass is 9.96. The van der Waals surface area contributed by atoms with Gasteiger partial charge in [0.05, 0.1) is 6.10 Å². The van der Waals surface area contributed by atoms with E-state index in [2.05, 4.69) is 6.58 Å². The van der Waals surface area contributed by atoms with Gasteiger partial charge in [0.1, 0.15) is 27.2 Å². The van der Waals surface area contributed by atoms with Crippen molar-refractivity contribution in [3.05, 3.63) is 12.7 Å². The highest BCUT2D eigenvalue weighted by Crippen LogP contribution is 2.27. The molecule has 82 valence electrons. The third kappa shape index (κ3) is 4.41. The fourth-order valence-corrected chi connectivity index (χ4v) is 1.77. The maximum Gasteiger partial charge on any atom is 0.697 e. The van der Waals surface area contributed by atoms with Gasteiger partial charge < -0.3 is 9.84 Å². The van der Waals surface area contributed by atoms with Crippen LogP contribution in [0, 0.1) is 0 Å². The van der Waals surface area contributed by atoms with Crippen molar-refractivity contribution in [1.82, 2.24) is 0 Å². The van der Waals surface area contributed by atoms with E-state index in [0.29, 0.717) is 6.42 Å². The summed E-state index contributed by atoms with van der Waals surface area (Å²) in [5.74, 6) is 0. The monoisotopic (exact) mass is 231 g/mol. The minimum atomic E-state index is -2.19.